The van der Waals surface area contributed by atoms with Gasteiger partial charge in [-0.2, -0.15) is 0 Å². The molecule has 2 N–H and O–H groups in total. The molecule has 21 heavy (non-hydrogen) atoms. The standard InChI is InChI=1S/C15H21FN2O2.ClH/c1-2-4-13(17)15(19)18-7-8-20-14(10-18)11-5-3-6-12(16)9-11;/h3,5-6,9,13-14H,2,4,7-8,10,17H2,1H3;1H. The zero-order valence-corrected chi connectivity index (χ0v) is 12.9. The van der Waals surface area contributed by atoms with Crippen molar-refractivity contribution in [2.45, 2.75) is 31.9 Å². The summed E-state index contributed by atoms with van der Waals surface area (Å²) in [6, 6.07) is 5.86. The average Bonchev–Trinajstić information content (AvgIpc) is 2.47. The summed E-state index contributed by atoms with van der Waals surface area (Å²) in [5.74, 6) is -0.339. The molecule has 1 aliphatic heterocycles. The van der Waals surface area contributed by atoms with E-state index < -0.39 is 6.04 Å². The van der Waals surface area contributed by atoms with Crippen LogP contribution < -0.4 is 5.73 Å². The Balaban J connectivity index is 0.00000220. The van der Waals surface area contributed by atoms with Crippen molar-refractivity contribution in [2.75, 3.05) is 19.7 Å². The Bertz CT molecular complexity index is 473. The normalized spacial score (nSPS) is 19.8. The molecule has 1 aromatic rings. The predicted octanol–water partition coefficient (Wildman–Crippen LogP) is 2.27. The van der Waals surface area contributed by atoms with Crippen LogP contribution in [0.4, 0.5) is 4.39 Å². The molecule has 4 nitrogen and oxygen atoms in total. The second-order valence-corrected chi connectivity index (χ2v) is 5.09. The van der Waals surface area contributed by atoms with Gasteiger partial charge in [-0.05, 0) is 24.1 Å². The minimum atomic E-state index is -0.453. The Labute approximate surface area is 130 Å². The molecular weight excluding hydrogens is 295 g/mol. The number of hydrogen-bond donors (Lipinski definition) is 1. The van der Waals surface area contributed by atoms with Crippen molar-refractivity contribution < 1.29 is 13.9 Å². The molecule has 1 heterocycles. The summed E-state index contributed by atoms with van der Waals surface area (Å²) in [6.45, 7) is 3.43. The van der Waals surface area contributed by atoms with Gasteiger partial charge in [0.1, 0.15) is 11.9 Å². The fourth-order valence-electron chi connectivity index (χ4n) is 2.43. The number of amides is 1. The minimum absolute atomic E-state index is 0. The van der Waals surface area contributed by atoms with E-state index in [0.29, 0.717) is 26.1 Å². The smallest absolute Gasteiger partial charge is 0.239 e. The SMILES string of the molecule is CCCC(N)C(=O)N1CCOC(c2cccc(F)c2)C1.Cl. The van der Waals surface area contributed by atoms with Gasteiger partial charge in [0, 0.05) is 6.54 Å². The van der Waals surface area contributed by atoms with E-state index in [9.17, 15) is 9.18 Å². The van der Waals surface area contributed by atoms with E-state index in [1.807, 2.05) is 13.0 Å². The Kier molecular flexibility index (Phi) is 7.08. The van der Waals surface area contributed by atoms with Gasteiger partial charge in [0.05, 0.1) is 19.2 Å². The van der Waals surface area contributed by atoms with E-state index in [0.717, 1.165) is 12.0 Å². The van der Waals surface area contributed by atoms with Crippen LogP contribution in [0.3, 0.4) is 0 Å². The highest BCUT2D eigenvalue weighted by molar-refractivity contribution is 5.85. The van der Waals surface area contributed by atoms with Crippen molar-refractivity contribution in [1.29, 1.82) is 0 Å². The van der Waals surface area contributed by atoms with E-state index in [1.165, 1.54) is 12.1 Å². The van der Waals surface area contributed by atoms with E-state index >= 15 is 0 Å². The molecule has 0 saturated carbocycles. The maximum Gasteiger partial charge on any atom is 0.239 e. The summed E-state index contributed by atoms with van der Waals surface area (Å²) < 4.78 is 18.9. The van der Waals surface area contributed by atoms with Crippen molar-refractivity contribution in [2.24, 2.45) is 5.73 Å². The third-order valence-corrected chi connectivity index (χ3v) is 3.52. The first kappa shape index (κ1) is 17.9. The summed E-state index contributed by atoms with van der Waals surface area (Å²) >= 11 is 0. The number of morpholine rings is 1. The second-order valence-electron chi connectivity index (χ2n) is 5.09. The van der Waals surface area contributed by atoms with E-state index in [2.05, 4.69) is 0 Å². The van der Waals surface area contributed by atoms with Gasteiger partial charge in [0.15, 0.2) is 0 Å². The molecule has 118 valence electrons. The molecule has 1 saturated heterocycles. The predicted molar refractivity (Wildman–Crippen MR) is 81.8 cm³/mol. The van der Waals surface area contributed by atoms with E-state index in [4.69, 9.17) is 10.5 Å². The zero-order valence-electron chi connectivity index (χ0n) is 12.1. The number of carbonyl (C=O) groups excluding carboxylic acids is 1. The van der Waals surface area contributed by atoms with Crippen LogP contribution >= 0.6 is 12.4 Å². The van der Waals surface area contributed by atoms with Crippen LogP contribution in [0.5, 0.6) is 0 Å². The largest absolute Gasteiger partial charge is 0.370 e. The first-order valence-electron chi connectivity index (χ1n) is 7.03. The minimum Gasteiger partial charge on any atom is -0.370 e. The lowest BCUT2D eigenvalue weighted by atomic mass is 10.1. The van der Waals surface area contributed by atoms with Crippen molar-refractivity contribution in [3.8, 4) is 0 Å². The third kappa shape index (κ3) is 4.66. The lowest BCUT2D eigenvalue weighted by molar-refractivity contribution is -0.140. The second kappa shape index (κ2) is 8.32. The quantitative estimate of drug-likeness (QED) is 0.927. The number of halogens is 2. The molecule has 2 atom stereocenters. The van der Waals surface area contributed by atoms with Gasteiger partial charge in [-0.15, -0.1) is 12.4 Å². The molecular formula is C15H22ClFN2O2. The molecule has 1 aromatic carbocycles. The summed E-state index contributed by atoms with van der Waals surface area (Å²) in [5.41, 5.74) is 6.63. The number of hydrogen-bond acceptors (Lipinski definition) is 3. The molecule has 2 rings (SSSR count). The molecule has 2 unspecified atom stereocenters. The van der Waals surface area contributed by atoms with Crippen LogP contribution in [-0.4, -0.2) is 36.5 Å². The fraction of sp³-hybridized carbons (Fsp3) is 0.533. The Morgan fingerprint density at radius 1 is 1.57 bits per heavy atom. The first-order chi connectivity index (χ1) is 9.61. The molecule has 1 fully saturated rings. The third-order valence-electron chi connectivity index (χ3n) is 3.52. The lowest BCUT2D eigenvalue weighted by Gasteiger charge is -2.34. The Morgan fingerprint density at radius 2 is 2.33 bits per heavy atom. The van der Waals surface area contributed by atoms with Crippen LogP contribution in [0.2, 0.25) is 0 Å². The monoisotopic (exact) mass is 316 g/mol. The first-order valence-corrected chi connectivity index (χ1v) is 7.03. The molecule has 0 aromatic heterocycles. The molecule has 0 aliphatic carbocycles. The molecule has 0 spiro atoms. The highest BCUT2D eigenvalue weighted by atomic mass is 35.5. The number of nitrogens with zero attached hydrogens (tertiary/aromatic N) is 1. The van der Waals surface area contributed by atoms with Gasteiger partial charge < -0.3 is 15.4 Å². The van der Waals surface area contributed by atoms with Gasteiger partial charge in [-0.25, -0.2) is 4.39 Å². The van der Waals surface area contributed by atoms with Gasteiger partial charge in [0.2, 0.25) is 5.91 Å². The van der Waals surface area contributed by atoms with Crippen LogP contribution in [-0.2, 0) is 9.53 Å². The number of ether oxygens (including phenoxy) is 1. The van der Waals surface area contributed by atoms with Crippen molar-refractivity contribution >= 4 is 18.3 Å². The molecule has 6 heteroatoms. The summed E-state index contributed by atoms with van der Waals surface area (Å²) in [6.07, 6.45) is 1.28. The van der Waals surface area contributed by atoms with Crippen LogP contribution in [0.25, 0.3) is 0 Å². The van der Waals surface area contributed by atoms with Gasteiger partial charge in [-0.1, -0.05) is 25.5 Å². The number of carbonyl (C=O) groups is 1. The maximum absolute atomic E-state index is 13.3. The van der Waals surface area contributed by atoms with Gasteiger partial charge in [-0.3, -0.25) is 4.79 Å². The Morgan fingerprint density at radius 3 is 3.00 bits per heavy atom. The maximum atomic E-state index is 13.3. The molecule has 0 bridgehead atoms. The van der Waals surface area contributed by atoms with Crippen molar-refractivity contribution in [3.05, 3.63) is 35.6 Å². The molecule has 0 radical (unpaired) electrons. The topological polar surface area (TPSA) is 55.6 Å². The van der Waals surface area contributed by atoms with Crippen LogP contribution in [0, 0.1) is 5.82 Å². The molecule has 1 amide bonds. The van der Waals surface area contributed by atoms with Crippen LogP contribution in [0.1, 0.15) is 31.4 Å². The van der Waals surface area contributed by atoms with E-state index in [1.54, 1.807) is 11.0 Å². The summed E-state index contributed by atoms with van der Waals surface area (Å²) in [7, 11) is 0. The number of nitrogens with two attached hydrogens (primary N) is 1. The van der Waals surface area contributed by atoms with Crippen molar-refractivity contribution in [1.82, 2.24) is 4.90 Å². The lowest BCUT2D eigenvalue weighted by Crippen LogP contribution is -2.49. The highest BCUT2D eigenvalue weighted by Crippen LogP contribution is 2.23. The van der Waals surface area contributed by atoms with Crippen LogP contribution in [0.15, 0.2) is 24.3 Å². The summed E-state index contributed by atoms with van der Waals surface area (Å²) in [5, 5.41) is 0. The number of rotatable bonds is 4. The number of benzene rings is 1. The average molecular weight is 317 g/mol. The zero-order chi connectivity index (χ0) is 14.5. The Hall–Kier alpha value is -1.17. The highest BCUT2D eigenvalue weighted by Gasteiger charge is 2.28. The van der Waals surface area contributed by atoms with E-state index in [-0.39, 0.29) is 30.2 Å². The fourth-order valence-corrected chi connectivity index (χ4v) is 2.43. The van der Waals surface area contributed by atoms with Crippen molar-refractivity contribution in [3.63, 3.8) is 0 Å². The summed E-state index contributed by atoms with van der Waals surface area (Å²) in [4.78, 5) is 13.9. The van der Waals surface area contributed by atoms with Gasteiger partial charge >= 0.3 is 0 Å². The molecule has 1 aliphatic rings. The van der Waals surface area contributed by atoms with Gasteiger partial charge in [0.25, 0.3) is 0 Å².